The van der Waals surface area contributed by atoms with Gasteiger partial charge in [0.2, 0.25) is 0 Å². The van der Waals surface area contributed by atoms with Crippen LogP contribution in [0.5, 0.6) is 0 Å². The second-order valence-corrected chi connectivity index (χ2v) is 5.48. The van der Waals surface area contributed by atoms with E-state index in [4.69, 9.17) is 0 Å². The highest BCUT2D eigenvalue weighted by Crippen LogP contribution is 2.25. The first-order chi connectivity index (χ1) is 8.60. The Kier molecular flexibility index (Phi) is 4.17. The quantitative estimate of drug-likeness (QED) is 0.888. The van der Waals surface area contributed by atoms with Gasteiger partial charge in [0.15, 0.2) is 0 Å². The van der Waals surface area contributed by atoms with Crippen molar-refractivity contribution in [2.75, 3.05) is 18.9 Å². The minimum Gasteiger partial charge on any atom is -0.373 e. The van der Waals surface area contributed by atoms with Crippen LogP contribution in [0.25, 0.3) is 0 Å². The molecule has 0 amide bonds. The van der Waals surface area contributed by atoms with Crippen LogP contribution in [0, 0.1) is 12.8 Å². The molecule has 4 nitrogen and oxygen atoms in total. The average Bonchev–Trinajstić information content (AvgIpc) is 2.76. The van der Waals surface area contributed by atoms with Gasteiger partial charge < -0.3 is 5.32 Å². The van der Waals surface area contributed by atoms with E-state index in [-0.39, 0.29) is 0 Å². The topological polar surface area (TPSA) is 41.1 Å². The average molecular weight is 248 g/mol. The van der Waals surface area contributed by atoms with E-state index in [1.807, 2.05) is 20.0 Å². The summed E-state index contributed by atoms with van der Waals surface area (Å²) >= 11 is 0. The zero-order valence-corrected chi connectivity index (χ0v) is 11.9. The highest BCUT2D eigenvalue weighted by atomic mass is 15.2. The van der Waals surface area contributed by atoms with Gasteiger partial charge in [-0.15, -0.1) is 0 Å². The number of rotatable bonds is 4. The molecule has 18 heavy (non-hydrogen) atoms. The summed E-state index contributed by atoms with van der Waals surface area (Å²) in [6, 6.07) is 2.67. The van der Waals surface area contributed by atoms with Crippen molar-refractivity contribution in [1.82, 2.24) is 14.9 Å². The summed E-state index contributed by atoms with van der Waals surface area (Å²) < 4.78 is 0. The van der Waals surface area contributed by atoms with Crippen LogP contribution in [0.1, 0.15) is 38.2 Å². The van der Waals surface area contributed by atoms with Crippen molar-refractivity contribution in [2.24, 2.45) is 5.92 Å². The minimum atomic E-state index is 0.687. The lowest BCUT2D eigenvalue weighted by molar-refractivity contribution is 0.194. The first-order valence-electron chi connectivity index (χ1n) is 6.86. The summed E-state index contributed by atoms with van der Waals surface area (Å²) in [6.07, 6.45) is 2.61. The molecule has 4 heteroatoms. The normalized spacial score (nSPS) is 20.6. The fraction of sp³-hybridized carbons (Fsp3) is 0.714. The van der Waals surface area contributed by atoms with Gasteiger partial charge in [-0.3, -0.25) is 4.90 Å². The molecule has 0 aromatic carbocycles. The number of aryl methyl sites for hydroxylation is 1. The predicted molar refractivity (Wildman–Crippen MR) is 74.6 cm³/mol. The molecular formula is C14H24N4. The first-order valence-corrected chi connectivity index (χ1v) is 6.86. The summed E-state index contributed by atoms with van der Waals surface area (Å²) in [5, 5.41) is 3.10. The summed E-state index contributed by atoms with van der Waals surface area (Å²) in [7, 11) is 1.90. The van der Waals surface area contributed by atoms with Gasteiger partial charge in [0, 0.05) is 24.8 Å². The number of anilines is 1. The summed E-state index contributed by atoms with van der Waals surface area (Å²) in [5.74, 6) is 2.56. The van der Waals surface area contributed by atoms with Crippen molar-refractivity contribution >= 4 is 5.82 Å². The monoisotopic (exact) mass is 248 g/mol. The molecule has 1 fully saturated rings. The molecule has 1 aromatic rings. The molecule has 1 saturated heterocycles. The largest absolute Gasteiger partial charge is 0.373 e. The molecule has 0 radical (unpaired) electrons. The smallest absolute Gasteiger partial charge is 0.144 e. The van der Waals surface area contributed by atoms with E-state index in [1.165, 1.54) is 19.4 Å². The van der Waals surface area contributed by atoms with E-state index in [9.17, 15) is 0 Å². The second-order valence-electron chi connectivity index (χ2n) is 5.48. The lowest BCUT2D eigenvalue weighted by Gasteiger charge is -2.26. The fourth-order valence-electron chi connectivity index (χ4n) is 2.81. The van der Waals surface area contributed by atoms with Gasteiger partial charge in [-0.25, -0.2) is 9.97 Å². The van der Waals surface area contributed by atoms with Crippen LogP contribution >= 0.6 is 0 Å². The number of nitrogens with one attached hydrogen (secondary N) is 1. The van der Waals surface area contributed by atoms with E-state index in [0.29, 0.717) is 12.0 Å². The van der Waals surface area contributed by atoms with Crippen molar-refractivity contribution < 1.29 is 0 Å². The summed E-state index contributed by atoms with van der Waals surface area (Å²) in [5.41, 5.74) is 1.03. The fourth-order valence-corrected chi connectivity index (χ4v) is 2.81. The Bertz CT molecular complexity index is 403. The van der Waals surface area contributed by atoms with Gasteiger partial charge >= 0.3 is 0 Å². The van der Waals surface area contributed by atoms with Crippen LogP contribution in [0.2, 0.25) is 0 Å². The van der Waals surface area contributed by atoms with Crippen LogP contribution < -0.4 is 5.32 Å². The molecule has 2 heterocycles. The number of hydrogen-bond donors (Lipinski definition) is 1. The van der Waals surface area contributed by atoms with Crippen molar-refractivity contribution in [2.45, 2.75) is 46.2 Å². The molecule has 1 N–H and O–H groups in total. The second kappa shape index (κ2) is 5.65. The minimum absolute atomic E-state index is 0.687. The number of hydrogen-bond acceptors (Lipinski definition) is 4. The van der Waals surface area contributed by atoms with Gasteiger partial charge in [0.25, 0.3) is 0 Å². The molecule has 1 atom stereocenters. The Hall–Kier alpha value is -1.16. The summed E-state index contributed by atoms with van der Waals surface area (Å²) in [4.78, 5) is 11.6. The number of likely N-dealkylation sites (tertiary alicyclic amines) is 1. The molecule has 0 bridgehead atoms. The molecular weight excluding hydrogens is 224 g/mol. The third kappa shape index (κ3) is 2.99. The molecule has 1 aliphatic rings. The Morgan fingerprint density at radius 3 is 2.89 bits per heavy atom. The molecule has 1 aromatic heterocycles. The van der Waals surface area contributed by atoms with Crippen LogP contribution in [0.4, 0.5) is 5.82 Å². The Labute approximate surface area is 110 Å². The third-order valence-corrected chi connectivity index (χ3v) is 3.68. The maximum Gasteiger partial charge on any atom is 0.144 e. The van der Waals surface area contributed by atoms with Crippen molar-refractivity contribution in [3.05, 3.63) is 17.6 Å². The molecule has 100 valence electrons. The highest BCUT2D eigenvalue weighted by molar-refractivity contribution is 5.34. The van der Waals surface area contributed by atoms with Gasteiger partial charge in [0.05, 0.1) is 6.54 Å². The first kappa shape index (κ1) is 13.3. The molecule has 2 rings (SSSR count). The van der Waals surface area contributed by atoms with E-state index in [2.05, 4.69) is 34.0 Å². The van der Waals surface area contributed by atoms with Crippen molar-refractivity contribution in [3.8, 4) is 0 Å². The predicted octanol–water partition coefficient (Wildman–Crippen LogP) is 2.45. The maximum absolute atomic E-state index is 4.55. The SMILES string of the molecule is CNc1cc(C)nc(CN2CCCC2C(C)C)n1. The van der Waals surface area contributed by atoms with Crippen LogP contribution in [-0.2, 0) is 6.54 Å². The lowest BCUT2D eigenvalue weighted by atomic mass is 10.0. The van der Waals surface area contributed by atoms with E-state index in [1.54, 1.807) is 0 Å². The van der Waals surface area contributed by atoms with Crippen molar-refractivity contribution in [3.63, 3.8) is 0 Å². The molecule has 0 saturated carbocycles. The van der Waals surface area contributed by atoms with E-state index in [0.717, 1.165) is 23.9 Å². The van der Waals surface area contributed by atoms with Crippen LogP contribution in [0.15, 0.2) is 6.07 Å². The zero-order valence-electron chi connectivity index (χ0n) is 11.9. The summed E-state index contributed by atoms with van der Waals surface area (Å²) in [6.45, 7) is 8.68. The third-order valence-electron chi connectivity index (χ3n) is 3.68. The van der Waals surface area contributed by atoms with Crippen LogP contribution in [-0.4, -0.2) is 34.5 Å². The van der Waals surface area contributed by atoms with Crippen LogP contribution in [0.3, 0.4) is 0 Å². The molecule has 1 unspecified atom stereocenters. The molecule has 1 aliphatic heterocycles. The molecule has 0 spiro atoms. The Balaban J connectivity index is 2.11. The van der Waals surface area contributed by atoms with Gasteiger partial charge in [-0.1, -0.05) is 13.8 Å². The van der Waals surface area contributed by atoms with Gasteiger partial charge in [-0.2, -0.15) is 0 Å². The Morgan fingerprint density at radius 1 is 1.44 bits per heavy atom. The highest BCUT2D eigenvalue weighted by Gasteiger charge is 2.27. The number of aromatic nitrogens is 2. The van der Waals surface area contributed by atoms with E-state index >= 15 is 0 Å². The maximum atomic E-state index is 4.55. The van der Waals surface area contributed by atoms with Crippen molar-refractivity contribution in [1.29, 1.82) is 0 Å². The zero-order chi connectivity index (χ0) is 13.1. The Morgan fingerprint density at radius 2 is 2.22 bits per heavy atom. The molecule has 0 aliphatic carbocycles. The van der Waals surface area contributed by atoms with Gasteiger partial charge in [-0.05, 0) is 32.2 Å². The number of nitrogens with zero attached hydrogens (tertiary/aromatic N) is 3. The van der Waals surface area contributed by atoms with Gasteiger partial charge in [0.1, 0.15) is 11.6 Å². The standard InChI is InChI=1S/C14H24N4/c1-10(2)12-6-5-7-18(12)9-14-16-11(3)8-13(15-4)17-14/h8,10,12H,5-7,9H2,1-4H3,(H,15,16,17). The lowest BCUT2D eigenvalue weighted by Crippen LogP contribution is -2.33. The van der Waals surface area contributed by atoms with E-state index < -0.39 is 0 Å².